The number of sulfone groups is 1. The highest BCUT2D eigenvalue weighted by Gasteiger charge is 2.18. The SMILES string of the molecule is CCCS(=O)(=O)c1cc(N)ccc1NCCN(C)C. The van der Waals surface area contributed by atoms with Crippen molar-refractivity contribution in [3.8, 4) is 0 Å². The molecule has 1 aromatic carbocycles. The quantitative estimate of drug-likeness (QED) is 0.741. The molecule has 0 heterocycles. The van der Waals surface area contributed by atoms with Crippen molar-refractivity contribution in [1.82, 2.24) is 4.90 Å². The van der Waals surface area contributed by atoms with Crippen LogP contribution in [0.1, 0.15) is 13.3 Å². The highest BCUT2D eigenvalue weighted by atomic mass is 32.2. The Morgan fingerprint density at radius 1 is 1.32 bits per heavy atom. The molecular weight excluding hydrogens is 262 g/mol. The van der Waals surface area contributed by atoms with Gasteiger partial charge in [-0.25, -0.2) is 8.42 Å². The third-order valence-corrected chi connectivity index (χ3v) is 4.64. The Labute approximate surface area is 115 Å². The second kappa shape index (κ2) is 6.77. The number of nitrogens with one attached hydrogen (secondary N) is 1. The molecule has 6 heteroatoms. The van der Waals surface area contributed by atoms with Gasteiger partial charge in [-0.05, 0) is 38.7 Å². The standard InChI is InChI=1S/C13H23N3O2S/c1-4-9-19(17,18)13-10-11(14)5-6-12(13)15-7-8-16(2)3/h5-6,10,15H,4,7-9,14H2,1-3H3. The first-order valence-corrected chi connectivity index (χ1v) is 8.03. The molecule has 0 spiro atoms. The van der Waals surface area contributed by atoms with E-state index in [0.29, 0.717) is 29.2 Å². The molecule has 0 radical (unpaired) electrons. The molecule has 0 amide bonds. The van der Waals surface area contributed by atoms with Crippen LogP contribution < -0.4 is 11.1 Å². The molecule has 0 fully saturated rings. The number of nitrogen functional groups attached to an aromatic ring is 1. The van der Waals surface area contributed by atoms with E-state index in [4.69, 9.17) is 5.73 Å². The number of nitrogens with two attached hydrogens (primary N) is 1. The second-order valence-corrected chi connectivity index (χ2v) is 6.88. The molecule has 1 aromatic rings. The number of hydrogen-bond donors (Lipinski definition) is 2. The number of likely N-dealkylation sites (N-methyl/N-ethyl adjacent to an activating group) is 1. The molecule has 19 heavy (non-hydrogen) atoms. The summed E-state index contributed by atoms with van der Waals surface area (Å²) in [6.45, 7) is 3.37. The van der Waals surface area contributed by atoms with Crippen molar-refractivity contribution in [2.75, 3.05) is 44.0 Å². The van der Waals surface area contributed by atoms with Crippen LogP contribution in [0.3, 0.4) is 0 Å². The van der Waals surface area contributed by atoms with E-state index in [0.717, 1.165) is 6.54 Å². The van der Waals surface area contributed by atoms with Crippen LogP contribution in [0.2, 0.25) is 0 Å². The second-order valence-electron chi connectivity index (χ2n) is 4.80. The van der Waals surface area contributed by atoms with Gasteiger partial charge in [-0.15, -0.1) is 0 Å². The summed E-state index contributed by atoms with van der Waals surface area (Å²) in [6.07, 6.45) is 0.592. The summed E-state index contributed by atoms with van der Waals surface area (Å²) >= 11 is 0. The lowest BCUT2D eigenvalue weighted by Gasteiger charge is -2.15. The Bertz CT molecular complexity index is 513. The number of benzene rings is 1. The monoisotopic (exact) mass is 285 g/mol. The minimum Gasteiger partial charge on any atom is -0.399 e. The molecule has 0 saturated carbocycles. The fraction of sp³-hybridized carbons (Fsp3) is 0.538. The highest BCUT2D eigenvalue weighted by Crippen LogP contribution is 2.25. The lowest BCUT2D eigenvalue weighted by molar-refractivity contribution is 0.425. The molecule has 0 aromatic heterocycles. The molecule has 0 atom stereocenters. The number of nitrogens with zero attached hydrogens (tertiary/aromatic N) is 1. The maximum atomic E-state index is 12.2. The van der Waals surface area contributed by atoms with Gasteiger partial charge in [-0.3, -0.25) is 0 Å². The van der Waals surface area contributed by atoms with E-state index in [2.05, 4.69) is 5.32 Å². The zero-order chi connectivity index (χ0) is 14.5. The molecule has 0 bridgehead atoms. The van der Waals surface area contributed by atoms with E-state index in [-0.39, 0.29) is 5.75 Å². The van der Waals surface area contributed by atoms with Crippen LogP contribution >= 0.6 is 0 Å². The van der Waals surface area contributed by atoms with E-state index >= 15 is 0 Å². The van der Waals surface area contributed by atoms with Gasteiger partial charge in [0, 0.05) is 18.8 Å². The lowest BCUT2D eigenvalue weighted by atomic mass is 10.3. The van der Waals surface area contributed by atoms with Gasteiger partial charge >= 0.3 is 0 Å². The number of hydrogen-bond acceptors (Lipinski definition) is 5. The van der Waals surface area contributed by atoms with Crippen LogP contribution in [-0.2, 0) is 9.84 Å². The molecule has 0 unspecified atom stereocenters. The van der Waals surface area contributed by atoms with Gasteiger partial charge in [-0.1, -0.05) is 6.92 Å². The van der Waals surface area contributed by atoms with Crippen LogP contribution in [-0.4, -0.2) is 46.3 Å². The molecule has 0 aliphatic rings. The Morgan fingerprint density at radius 2 is 2.00 bits per heavy atom. The topological polar surface area (TPSA) is 75.4 Å². The summed E-state index contributed by atoms with van der Waals surface area (Å²) in [5.74, 6) is 0.138. The minimum atomic E-state index is -3.27. The average molecular weight is 285 g/mol. The first-order chi connectivity index (χ1) is 8.86. The third kappa shape index (κ3) is 4.72. The summed E-state index contributed by atoms with van der Waals surface area (Å²) in [5, 5.41) is 3.16. The number of rotatable bonds is 7. The van der Waals surface area contributed by atoms with Gasteiger partial charge in [0.05, 0.1) is 16.3 Å². The summed E-state index contributed by atoms with van der Waals surface area (Å²) in [5.41, 5.74) is 6.79. The van der Waals surface area contributed by atoms with Crippen molar-refractivity contribution in [3.63, 3.8) is 0 Å². The summed E-state index contributed by atoms with van der Waals surface area (Å²) < 4.78 is 24.4. The molecule has 0 saturated heterocycles. The van der Waals surface area contributed by atoms with Gasteiger partial charge < -0.3 is 16.0 Å². The van der Waals surface area contributed by atoms with E-state index in [1.165, 1.54) is 6.07 Å². The molecule has 5 nitrogen and oxygen atoms in total. The van der Waals surface area contributed by atoms with Crippen molar-refractivity contribution < 1.29 is 8.42 Å². The predicted molar refractivity (Wildman–Crippen MR) is 80.2 cm³/mol. The van der Waals surface area contributed by atoms with Crippen molar-refractivity contribution in [1.29, 1.82) is 0 Å². The Balaban J connectivity index is 2.98. The van der Waals surface area contributed by atoms with Gasteiger partial charge in [0.15, 0.2) is 9.84 Å². The normalized spacial score (nSPS) is 11.8. The maximum absolute atomic E-state index is 12.2. The molecule has 0 aliphatic heterocycles. The summed E-state index contributed by atoms with van der Waals surface area (Å²) in [4.78, 5) is 2.33. The fourth-order valence-corrected chi connectivity index (χ4v) is 3.28. The van der Waals surface area contributed by atoms with Crippen LogP contribution in [0.15, 0.2) is 23.1 Å². The highest BCUT2D eigenvalue weighted by molar-refractivity contribution is 7.91. The van der Waals surface area contributed by atoms with Gasteiger partial charge in [0.1, 0.15) is 0 Å². The Morgan fingerprint density at radius 3 is 2.58 bits per heavy atom. The Kier molecular flexibility index (Phi) is 5.62. The van der Waals surface area contributed by atoms with E-state index in [1.54, 1.807) is 12.1 Å². The smallest absolute Gasteiger partial charge is 0.180 e. The van der Waals surface area contributed by atoms with E-state index in [1.807, 2.05) is 25.9 Å². The van der Waals surface area contributed by atoms with Crippen LogP contribution in [0, 0.1) is 0 Å². The van der Waals surface area contributed by atoms with Crippen molar-refractivity contribution in [2.24, 2.45) is 0 Å². The fourth-order valence-electron chi connectivity index (χ4n) is 1.74. The van der Waals surface area contributed by atoms with Gasteiger partial charge in [-0.2, -0.15) is 0 Å². The lowest BCUT2D eigenvalue weighted by Crippen LogP contribution is -2.21. The molecule has 0 aliphatic carbocycles. The minimum absolute atomic E-state index is 0.138. The molecule has 3 N–H and O–H groups in total. The van der Waals surface area contributed by atoms with Crippen molar-refractivity contribution >= 4 is 21.2 Å². The molecule has 1 rings (SSSR count). The maximum Gasteiger partial charge on any atom is 0.180 e. The van der Waals surface area contributed by atoms with E-state index in [9.17, 15) is 8.42 Å². The van der Waals surface area contributed by atoms with Crippen LogP contribution in [0.25, 0.3) is 0 Å². The first kappa shape index (κ1) is 15.8. The zero-order valence-corrected chi connectivity index (χ0v) is 12.6. The number of anilines is 2. The van der Waals surface area contributed by atoms with Gasteiger partial charge in [0.2, 0.25) is 0 Å². The summed E-state index contributed by atoms with van der Waals surface area (Å²) in [7, 11) is 0.673. The average Bonchev–Trinajstić information content (AvgIpc) is 2.30. The Hall–Kier alpha value is -1.27. The molecular formula is C13H23N3O2S. The summed E-state index contributed by atoms with van der Waals surface area (Å²) in [6, 6.07) is 4.97. The largest absolute Gasteiger partial charge is 0.399 e. The van der Waals surface area contributed by atoms with Crippen molar-refractivity contribution in [3.05, 3.63) is 18.2 Å². The van der Waals surface area contributed by atoms with Crippen LogP contribution in [0.4, 0.5) is 11.4 Å². The molecule has 108 valence electrons. The predicted octanol–water partition coefficient (Wildman–Crippen LogP) is 1.43. The van der Waals surface area contributed by atoms with Crippen molar-refractivity contribution in [2.45, 2.75) is 18.2 Å². The van der Waals surface area contributed by atoms with Gasteiger partial charge in [0.25, 0.3) is 0 Å². The van der Waals surface area contributed by atoms with E-state index < -0.39 is 9.84 Å². The third-order valence-electron chi connectivity index (χ3n) is 2.69. The zero-order valence-electron chi connectivity index (χ0n) is 11.8. The first-order valence-electron chi connectivity index (χ1n) is 6.37. The van der Waals surface area contributed by atoms with Crippen LogP contribution in [0.5, 0.6) is 0 Å².